The number of aryl methyl sites for hydroxylation is 1. The molecular formula is C11H14N4O2S3. The number of rotatable bonds is 6. The van der Waals surface area contributed by atoms with Crippen LogP contribution in [0.1, 0.15) is 10.4 Å². The molecule has 3 N–H and O–H groups in total. The van der Waals surface area contributed by atoms with Gasteiger partial charge in [0.25, 0.3) is 0 Å². The fraction of sp³-hybridized carbons (Fsp3) is 0.273. The molecule has 2 rings (SSSR count). The van der Waals surface area contributed by atoms with Crippen molar-refractivity contribution in [2.24, 2.45) is 12.8 Å². The number of nitrogens with two attached hydrogens (primary N) is 1. The molecule has 0 aliphatic rings. The van der Waals surface area contributed by atoms with E-state index in [1.807, 2.05) is 13.2 Å². The summed E-state index contributed by atoms with van der Waals surface area (Å²) in [7, 11) is -1.69. The van der Waals surface area contributed by atoms with Gasteiger partial charge in [-0.15, -0.1) is 11.3 Å². The van der Waals surface area contributed by atoms with Crippen molar-refractivity contribution in [3.05, 3.63) is 35.0 Å². The largest absolute Gasteiger partial charge is 0.389 e. The van der Waals surface area contributed by atoms with E-state index in [0.717, 1.165) is 16.9 Å². The van der Waals surface area contributed by atoms with Crippen molar-refractivity contribution in [1.29, 1.82) is 0 Å². The minimum atomic E-state index is -3.51. The van der Waals surface area contributed by atoms with Crippen molar-refractivity contribution < 1.29 is 8.42 Å². The third-order valence-electron chi connectivity index (χ3n) is 2.55. The fourth-order valence-electron chi connectivity index (χ4n) is 1.60. The molecule has 0 spiro atoms. The van der Waals surface area contributed by atoms with Crippen LogP contribution in [0.5, 0.6) is 0 Å². The highest BCUT2D eigenvalue weighted by molar-refractivity contribution is 7.91. The van der Waals surface area contributed by atoms with Gasteiger partial charge < -0.3 is 5.73 Å². The van der Waals surface area contributed by atoms with Crippen LogP contribution in [0, 0.1) is 0 Å². The van der Waals surface area contributed by atoms with Gasteiger partial charge in [0.15, 0.2) is 0 Å². The predicted molar refractivity (Wildman–Crippen MR) is 82.3 cm³/mol. The number of hydrogen-bond acceptors (Lipinski definition) is 5. The highest BCUT2D eigenvalue weighted by Crippen LogP contribution is 2.21. The Morgan fingerprint density at radius 1 is 1.55 bits per heavy atom. The van der Waals surface area contributed by atoms with E-state index >= 15 is 0 Å². The molecule has 2 aromatic heterocycles. The highest BCUT2D eigenvalue weighted by Gasteiger charge is 2.17. The molecule has 6 nitrogen and oxygen atoms in total. The molecule has 0 fully saturated rings. The quantitative estimate of drug-likeness (QED) is 0.759. The number of hydrogen-bond donors (Lipinski definition) is 2. The third kappa shape index (κ3) is 3.63. The van der Waals surface area contributed by atoms with E-state index in [9.17, 15) is 8.42 Å². The van der Waals surface area contributed by atoms with Crippen molar-refractivity contribution in [3.8, 4) is 0 Å². The molecular weight excluding hydrogens is 316 g/mol. The lowest BCUT2D eigenvalue weighted by Gasteiger charge is -2.03. The zero-order valence-electron chi connectivity index (χ0n) is 10.7. The molecule has 20 heavy (non-hydrogen) atoms. The summed E-state index contributed by atoms with van der Waals surface area (Å²) in [4.78, 5) is 0.791. The van der Waals surface area contributed by atoms with Gasteiger partial charge in [-0.1, -0.05) is 12.2 Å². The molecule has 0 aromatic carbocycles. The summed E-state index contributed by atoms with van der Waals surface area (Å²) in [5.41, 5.74) is 6.44. The lowest BCUT2D eigenvalue weighted by Crippen LogP contribution is -2.25. The first-order valence-corrected chi connectivity index (χ1v) is 8.46. The number of thiophene rings is 1. The summed E-state index contributed by atoms with van der Waals surface area (Å²) in [5.74, 6) is 0. The van der Waals surface area contributed by atoms with Crippen LogP contribution in [0.15, 0.2) is 28.7 Å². The number of nitrogens with one attached hydrogen (secondary N) is 1. The molecule has 2 aromatic rings. The summed E-state index contributed by atoms with van der Waals surface area (Å²) in [6, 6.07) is 3.12. The Morgan fingerprint density at radius 2 is 2.30 bits per heavy atom. The molecule has 0 atom stereocenters. The van der Waals surface area contributed by atoms with Crippen LogP contribution < -0.4 is 10.5 Å². The second-order valence-electron chi connectivity index (χ2n) is 4.15. The van der Waals surface area contributed by atoms with Crippen molar-refractivity contribution in [2.45, 2.75) is 10.6 Å². The van der Waals surface area contributed by atoms with Crippen LogP contribution in [0.2, 0.25) is 0 Å². The van der Waals surface area contributed by atoms with Crippen LogP contribution in [-0.2, 0) is 23.5 Å². The normalized spacial score (nSPS) is 11.7. The molecule has 0 saturated carbocycles. The second-order valence-corrected chi connectivity index (χ2v) is 7.67. The zero-order chi connectivity index (χ0) is 14.8. The number of nitrogens with zero attached hydrogens (tertiary/aromatic N) is 2. The van der Waals surface area contributed by atoms with Gasteiger partial charge in [0.05, 0.1) is 11.1 Å². The summed E-state index contributed by atoms with van der Waals surface area (Å²) in [6.07, 6.45) is 4.15. The Kier molecular flexibility index (Phi) is 4.53. The monoisotopic (exact) mass is 330 g/mol. The minimum absolute atomic E-state index is 0.201. The van der Waals surface area contributed by atoms with Crippen molar-refractivity contribution in [3.63, 3.8) is 0 Å². The van der Waals surface area contributed by atoms with E-state index in [2.05, 4.69) is 9.82 Å². The summed E-state index contributed by atoms with van der Waals surface area (Å²) in [5, 5.41) is 4.03. The molecule has 0 aliphatic carbocycles. The summed E-state index contributed by atoms with van der Waals surface area (Å²) >= 11 is 5.88. The van der Waals surface area contributed by atoms with Crippen molar-refractivity contribution in [1.82, 2.24) is 14.5 Å². The molecule has 0 amide bonds. The lowest BCUT2D eigenvalue weighted by atomic mass is 10.3. The first kappa shape index (κ1) is 15.1. The average molecular weight is 330 g/mol. The van der Waals surface area contributed by atoms with Crippen LogP contribution in [-0.4, -0.2) is 29.7 Å². The first-order valence-electron chi connectivity index (χ1n) is 5.75. The predicted octanol–water partition coefficient (Wildman–Crippen LogP) is 0.637. The smallest absolute Gasteiger partial charge is 0.250 e. The second kappa shape index (κ2) is 6.00. The molecule has 0 radical (unpaired) electrons. The fourth-order valence-corrected chi connectivity index (χ4v) is 4.03. The Hall–Kier alpha value is -1.29. The van der Waals surface area contributed by atoms with E-state index in [1.165, 1.54) is 6.07 Å². The van der Waals surface area contributed by atoms with Crippen LogP contribution in [0.3, 0.4) is 0 Å². The Labute approximate surface area is 126 Å². The van der Waals surface area contributed by atoms with E-state index in [1.54, 1.807) is 16.9 Å². The number of aromatic nitrogens is 2. The maximum absolute atomic E-state index is 12.1. The van der Waals surface area contributed by atoms with Gasteiger partial charge in [-0.3, -0.25) is 4.68 Å². The van der Waals surface area contributed by atoms with Crippen LogP contribution in [0.25, 0.3) is 0 Å². The van der Waals surface area contributed by atoms with Gasteiger partial charge in [-0.05, 0) is 24.1 Å². The zero-order valence-corrected chi connectivity index (χ0v) is 13.2. The molecule has 9 heteroatoms. The van der Waals surface area contributed by atoms with Crippen LogP contribution >= 0.6 is 23.6 Å². The third-order valence-corrected chi connectivity index (χ3v) is 5.97. The summed E-state index contributed by atoms with van der Waals surface area (Å²) < 4.78 is 28.6. The average Bonchev–Trinajstić information content (AvgIpc) is 2.98. The Morgan fingerprint density at radius 3 is 2.85 bits per heavy atom. The van der Waals surface area contributed by atoms with Gasteiger partial charge >= 0.3 is 0 Å². The highest BCUT2D eigenvalue weighted by atomic mass is 32.2. The summed E-state index contributed by atoms with van der Waals surface area (Å²) in [6.45, 7) is 0.314. The molecule has 0 bridgehead atoms. The van der Waals surface area contributed by atoms with Gasteiger partial charge in [-0.25, -0.2) is 13.1 Å². The van der Waals surface area contributed by atoms with E-state index in [0.29, 0.717) is 17.8 Å². The van der Waals surface area contributed by atoms with Crippen molar-refractivity contribution >= 4 is 38.6 Å². The SMILES string of the molecule is Cn1cc(CCNS(=O)(=O)c2ccc(C(N)=S)s2)cn1. The topological polar surface area (TPSA) is 90.0 Å². The van der Waals surface area contributed by atoms with Gasteiger partial charge in [0.1, 0.15) is 9.20 Å². The molecule has 0 aliphatic heterocycles. The van der Waals surface area contributed by atoms with E-state index in [4.69, 9.17) is 18.0 Å². The minimum Gasteiger partial charge on any atom is -0.389 e. The standard InChI is InChI=1S/C11H14N4O2S3/c1-15-7-8(6-13-15)4-5-14-20(16,17)10-3-2-9(19-10)11(12)18/h2-3,6-7,14H,4-5H2,1H3,(H2,12,18). The maximum Gasteiger partial charge on any atom is 0.250 e. The van der Waals surface area contributed by atoms with E-state index in [-0.39, 0.29) is 9.20 Å². The molecule has 108 valence electrons. The molecule has 2 heterocycles. The first-order chi connectivity index (χ1) is 9.38. The number of sulfonamides is 1. The molecule has 0 unspecified atom stereocenters. The van der Waals surface area contributed by atoms with E-state index < -0.39 is 10.0 Å². The van der Waals surface area contributed by atoms with Crippen LogP contribution in [0.4, 0.5) is 0 Å². The Bertz CT molecular complexity index is 718. The maximum atomic E-state index is 12.1. The number of thiocarbonyl (C=S) groups is 1. The van der Waals surface area contributed by atoms with Gasteiger partial charge in [0.2, 0.25) is 10.0 Å². The Balaban J connectivity index is 1.98. The lowest BCUT2D eigenvalue weighted by molar-refractivity contribution is 0.584. The van der Waals surface area contributed by atoms with Gasteiger partial charge in [-0.2, -0.15) is 5.10 Å². The van der Waals surface area contributed by atoms with Gasteiger partial charge in [0, 0.05) is 19.8 Å². The molecule has 0 saturated heterocycles. The van der Waals surface area contributed by atoms with Crippen molar-refractivity contribution in [2.75, 3.05) is 6.54 Å².